The number of amides is 1. The monoisotopic (exact) mass is 305 g/mol. The molecular formula is C17H23NO4. The number of ether oxygens (including phenoxy) is 1. The number of aliphatic carboxylic acids is 1. The van der Waals surface area contributed by atoms with Crippen LogP contribution in [-0.4, -0.2) is 22.6 Å². The minimum absolute atomic E-state index is 0.204. The number of carboxylic acids is 1. The molecule has 1 aliphatic rings. The third kappa shape index (κ3) is 4.07. The molecule has 22 heavy (non-hydrogen) atoms. The number of rotatable bonds is 6. The average Bonchev–Trinajstić information content (AvgIpc) is 3.24. The molecule has 5 heteroatoms. The van der Waals surface area contributed by atoms with E-state index in [4.69, 9.17) is 9.84 Å². The van der Waals surface area contributed by atoms with Gasteiger partial charge < -0.3 is 15.2 Å². The van der Waals surface area contributed by atoms with Crippen molar-refractivity contribution in [1.29, 1.82) is 0 Å². The van der Waals surface area contributed by atoms with E-state index in [-0.39, 0.29) is 5.60 Å². The molecule has 0 saturated heterocycles. The molecule has 0 atom stereocenters. The lowest BCUT2D eigenvalue weighted by atomic mass is 10.1. The molecular weight excluding hydrogens is 282 g/mol. The lowest BCUT2D eigenvalue weighted by Crippen LogP contribution is -2.36. The third-order valence-electron chi connectivity index (χ3n) is 3.71. The normalized spacial score (nSPS) is 16.1. The zero-order chi connectivity index (χ0) is 16.4. The lowest BCUT2D eigenvalue weighted by Gasteiger charge is -2.19. The second-order valence-corrected chi connectivity index (χ2v) is 6.79. The van der Waals surface area contributed by atoms with Gasteiger partial charge in [0.05, 0.1) is 12.2 Å². The average molecular weight is 305 g/mol. The molecule has 0 radical (unpaired) electrons. The van der Waals surface area contributed by atoms with Crippen LogP contribution in [0.2, 0.25) is 0 Å². The van der Waals surface area contributed by atoms with Crippen molar-refractivity contribution in [2.75, 3.05) is 0 Å². The van der Waals surface area contributed by atoms with E-state index in [1.807, 2.05) is 45.0 Å². The molecule has 120 valence electrons. The van der Waals surface area contributed by atoms with Gasteiger partial charge in [-0.05, 0) is 44.7 Å². The van der Waals surface area contributed by atoms with E-state index in [2.05, 4.69) is 5.32 Å². The Balaban J connectivity index is 1.91. The van der Waals surface area contributed by atoms with Gasteiger partial charge in [-0.15, -0.1) is 0 Å². The van der Waals surface area contributed by atoms with Crippen molar-refractivity contribution in [2.24, 2.45) is 5.41 Å². The highest BCUT2D eigenvalue weighted by Crippen LogP contribution is 2.46. The predicted octanol–water partition coefficient (Wildman–Crippen LogP) is 2.48. The van der Waals surface area contributed by atoms with Gasteiger partial charge in [-0.2, -0.15) is 0 Å². The van der Waals surface area contributed by atoms with Gasteiger partial charge in [0.1, 0.15) is 5.41 Å². The fraction of sp³-hybridized carbons (Fsp3) is 0.529. The first-order valence-electron chi connectivity index (χ1n) is 7.46. The van der Waals surface area contributed by atoms with Crippen LogP contribution in [-0.2, 0) is 27.5 Å². The number of hydrogen-bond donors (Lipinski definition) is 2. The van der Waals surface area contributed by atoms with Crippen molar-refractivity contribution >= 4 is 11.9 Å². The van der Waals surface area contributed by atoms with Gasteiger partial charge in [-0.25, -0.2) is 0 Å². The molecule has 0 unspecified atom stereocenters. The highest BCUT2D eigenvalue weighted by Gasteiger charge is 2.56. The molecule has 1 saturated carbocycles. The summed E-state index contributed by atoms with van der Waals surface area (Å²) in [5.41, 5.74) is 0.572. The van der Waals surface area contributed by atoms with E-state index in [0.717, 1.165) is 11.1 Å². The van der Waals surface area contributed by atoms with Crippen LogP contribution < -0.4 is 5.32 Å². The molecule has 0 bridgehead atoms. The summed E-state index contributed by atoms with van der Waals surface area (Å²) in [7, 11) is 0. The van der Waals surface area contributed by atoms with Crippen LogP contribution in [0, 0.1) is 5.41 Å². The van der Waals surface area contributed by atoms with Crippen LogP contribution in [0.25, 0.3) is 0 Å². The Hall–Kier alpha value is -1.88. The molecule has 0 heterocycles. The summed E-state index contributed by atoms with van der Waals surface area (Å²) >= 11 is 0. The highest BCUT2D eigenvalue weighted by molar-refractivity contribution is 6.04. The maximum Gasteiger partial charge on any atom is 0.319 e. The van der Waals surface area contributed by atoms with Gasteiger partial charge in [0.15, 0.2) is 0 Å². The standard InChI is InChI=1S/C17H23NO4/c1-16(2,3)22-11-13-6-4-5-12(9-13)10-18-14(19)17(7-8-17)15(20)21/h4-6,9H,7-8,10-11H2,1-3H3,(H,18,19)(H,20,21). The Labute approximate surface area is 130 Å². The molecule has 1 aromatic carbocycles. The molecule has 1 aliphatic carbocycles. The molecule has 0 aromatic heterocycles. The first-order chi connectivity index (χ1) is 10.2. The summed E-state index contributed by atoms with van der Waals surface area (Å²) in [5.74, 6) is -1.42. The molecule has 2 N–H and O–H groups in total. The maximum atomic E-state index is 12.0. The Morgan fingerprint density at radius 2 is 1.91 bits per heavy atom. The van der Waals surface area contributed by atoms with Crippen LogP contribution in [0.15, 0.2) is 24.3 Å². The highest BCUT2D eigenvalue weighted by atomic mass is 16.5. The van der Waals surface area contributed by atoms with Crippen LogP contribution >= 0.6 is 0 Å². The summed E-state index contributed by atoms with van der Waals surface area (Å²) in [6.07, 6.45) is 0.848. The van der Waals surface area contributed by atoms with E-state index in [9.17, 15) is 9.59 Å². The molecule has 0 aliphatic heterocycles. The number of carbonyl (C=O) groups is 2. The summed E-state index contributed by atoms with van der Waals surface area (Å²) < 4.78 is 5.73. The van der Waals surface area contributed by atoms with Crippen LogP contribution in [0.5, 0.6) is 0 Å². The van der Waals surface area contributed by atoms with Crippen LogP contribution in [0.3, 0.4) is 0 Å². The van der Waals surface area contributed by atoms with Gasteiger partial charge in [0.25, 0.3) is 0 Å². The third-order valence-corrected chi connectivity index (χ3v) is 3.71. The van der Waals surface area contributed by atoms with E-state index in [0.29, 0.717) is 26.0 Å². The summed E-state index contributed by atoms with van der Waals surface area (Å²) in [6.45, 7) is 6.83. The number of carboxylic acid groups (broad SMARTS) is 1. The minimum atomic E-state index is -1.19. The van der Waals surface area contributed by atoms with Gasteiger partial charge >= 0.3 is 5.97 Å². The van der Waals surface area contributed by atoms with Crippen molar-refractivity contribution in [1.82, 2.24) is 5.32 Å². The molecule has 2 rings (SSSR count). The smallest absolute Gasteiger partial charge is 0.319 e. The van der Waals surface area contributed by atoms with Crippen molar-refractivity contribution in [2.45, 2.75) is 52.4 Å². The van der Waals surface area contributed by atoms with E-state index < -0.39 is 17.3 Å². The SMILES string of the molecule is CC(C)(C)OCc1cccc(CNC(=O)C2(C(=O)O)CC2)c1. The number of carbonyl (C=O) groups excluding carboxylic acids is 1. The number of benzene rings is 1. The minimum Gasteiger partial charge on any atom is -0.480 e. The fourth-order valence-corrected chi connectivity index (χ4v) is 2.14. The first-order valence-corrected chi connectivity index (χ1v) is 7.46. The first kappa shape index (κ1) is 16.5. The largest absolute Gasteiger partial charge is 0.480 e. The lowest BCUT2D eigenvalue weighted by molar-refractivity contribution is -0.149. The maximum absolute atomic E-state index is 12.0. The zero-order valence-corrected chi connectivity index (χ0v) is 13.3. The second-order valence-electron chi connectivity index (χ2n) is 6.79. The Morgan fingerprint density at radius 1 is 1.27 bits per heavy atom. The van der Waals surface area contributed by atoms with E-state index in [1.54, 1.807) is 0 Å². The van der Waals surface area contributed by atoms with Crippen LogP contribution in [0.4, 0.5) is 0 Å². The van der Waals surface area contributed by atoms with Crippen LogP contribution in [0.1, 0.15) is 44.7 Å². The Morgan fingerprint density at radius 3 is 2.45 bits per heavy atom. The van der Waals surface area contributed by atoms with Gasteiger partial charge in [-0.3, -0.25) is 9.59 Å². The van der Waals surface area contributed by atoms with E-state index >= 15 is 0 Å². The molecule has 1 aromatic rings. The molecule has 0 spiro atoms. The Bertz CT molecular complexity index is 570. The molecule has 1 fully saturated rings. The van der Waals surface area contributed by atoms with Crippen molar-refractivity contribution in [3.05, 3.63) is 35.4 Å². The zero-order valence-electron chi connectivity index (χ0n) is 13.3. The molecule has 1 amide bonds. The number of hydrogen-bond acceptors (Lipinski definition) is 3. The quantitative estimate of drug-likeness (QED) is 0.792. The predicted molar refractivity (Wildman–Crippen MR) is 82.1 cm³/mol. The molecule has 5 nitrogen and oxygen atoms in total. The van der Waals surface area contributed by atoms with Crippen molar-refractivity contribution in [3.63, 3.8) is 0 Å². The van der Waals surface area contributed by atoms with Gasteiger partial charge in [0, 0.05) is 6.54 Å². The Kier molecular flexibility index (Phi) is 4.56. The summed E-state index contributed by atoms with van der Waals surface area (Å²) in [5, 5.41) is 11.8. The summed E-state index contributed by atoms with van der Waals surface area (Å²) in [4.78, 5) is 23.1. The van der Waals surface area contributed by atoms with Gasteiger partial charge in [-0.1, -0.05) is 24.3 Å². The van der Waals surface area contributed by atoms with E-state index in [1.165, 1.54) is 0 Å². The topological polar surface area (TPSA) is 75.6 Å². The van der Waals surface area contributed by atoms with Gasteiger partial charge in [0.2, 0.25) is 5.91 Å². The summed E-state index contributed by atoms with van der Waals surface area (Å²) in [6, 6.07) is 7.75. The number of nitrogens with one attached hydrogen (secondary N) is 1. The van der Waals surface area contributed by atoms with Crippen molar-refractivity contribution < 1.29 is 19.4 Å². The fourth-order valence-electron chi connectivity index (χ4n) is 2.14. The second kappa shape index (κ2) is 6.08. The van der Waals surface area contributed by atoms with Crippen molar-refractivity contribution in [3.8, 4) is 0 Å².